The smallest absolute Gasteiger partial charge is 0.257 e. The molecule has 2 aliphatic heterocycles. The van der Waals surface area contributed by atoms with Gasteiger partial charge in [0.25, 0.3) is 5.56 Å². The van der Waals surface area contributed by atoms with Crippen LogP contribution in [0.4, 0.5) is 4.39 Å². The monoisotopic (exact) mass is 506 g/mol. The SMILES string of the molecule is Br.Cc1nc2n(c(=O)c1CCN1CCC(c3noc4cc(F)ccc34)CC1)CCCC2O. The molecule has 32 heavy (non-hydrogen) atoms. The first kappa shape index (κ1) is 23.1. The molecule has 0 amide bonds. The van der Waals surface area contributed by atoms with E-state index >= 15 is 0 Å². The highest BCUT2D eigenvalue weighted by Gasteiger charge is 2.26. The van der Waals surface area contributed by atoms with Crippen LogP contribution in [0.2, 0.25) is 0 Å². The number of likely N-dealkylation sites (tertiary alicyclic amines) is 1. The van der Waals surface area contributed by atoms with Crippen molar-refractivity contribution in [2.24, 2.45) is 0 Å². The van der Waals surface area contributed by atoms with Crippen molar-refractivity contribution in [1.29, 1.82) is 0 Å². The van der Waals surface area contributed by atoms with Crippen molar-refractivity contribution in [1.82, 2.24) is 19.6 Å². The number of rotatable bonds is 4. The Morgan fingerprint density at radius 1 is 1.22 bits per heavy atom. The molecule has 5 rings (SSSR count). The van der Waals surface area contributed by atoms with E-state index in [1.165, 1.54) is 12.1 Å². The van der Waals surface area contributed by atoms with Crippen LogP contribution in [-0.4, -0.2) is 44.3 Å². The van der Waals surface area contributed by atoms with E-state index in [1.807, 2.05) is 6.92 Å². The molecule has 7 nitrogen and oxygen atoms in total. The molecule has 1 N–H and O–H groups in total. The van der Waals surface area contributed by atoms with E-state index in [0.29, 0.717) is 36.7 Å². The van der Waals surface area contributed by atoms with E-state index in [1.54, 1.807) is 10.6 Å². The van der Waals surface area contributed by atoms with Crippen molar-refractivity contribution in [2.45, 2.75) is 57.6 Å². The number of hydrogen-bond acceptors (Lipinski definition) is 6. The lowest BCUT2D eigenvalue weighted by molar-refractivity contribution is 0.129. The number of halogens is 2. The Balaban J connectivity index is 0.00000245. The molecule has 0 spiro atoms. The predicted octanol–water partition coefficient (Wildman–Crippen LogP) is 3.66. The first-order valence-electron chi connectivity index (χ1n) is 11.1. The van der Waals surface area contributed by atoms with E-state index in [0.717, 1.165) is 61.2 Å². The molecule has 1 atom stereocenters. The maximum atomic E-state index is 13.4. The Labute approximate surface area is 196 Å². The molecule has 3 aromatic rings. The van der Waals surface area contributed by atoms with Gasteiger partial charge in [-0.25, -0.2) is 9.37 Å². The molecule has 0 radical (unpaired) electrons. The van der Waals surface area contributed by atoms with Gasteiger partial charge < -0.3 is 14.5 Å². The highest BCUT2D eigenvalue weighted by Crippen LogP contribution is 2.32. The lowest BCUT2D eigenvalue weighted by Gasteiger charge is -2.31. The second-order valence-electron chi connectivity index (χ2n) is 8.72. The third-order valence-electron chi connectivity index (χ3n) is 6.77. The number of hydrogen-bond donors (Lipinski definition) is 1. The predicted molar refractivity (Wildman–Crippen MR) is 124 cm³/mol. The third kappa shape index (κ3) is 4.25. The maximum absolute atomic E-state index is 13.4. The molecule has 2 aliphatic rings. The standard InChI is InChI=1S/C23H27FN4O3.BrH/c1-14-17(23(30)28-9-2-3-19(29)22(28)25-14)8-12-27-10-6-15(7-11-27)21-18-5-4-16(24)13-20(18)31-26-21;/h4-5,13,15,19,29H,2-3,6-12H2,1H3;1H. The van der Waals surface area contributed by atoms with Crippen LogP contribution >= 0.6 is 17.0 Å². The van der Waals surface area contributed by atoms with E-state index in [9.17, 15) is 14.3 Å². The Kier molecular flexibility index (Phi) is 6.78. The first-order valence-corrected chi connectivity index (χ1v) is 11.1. The highest BCUT2D eigenvalue weighted by molar-refractivity contribution is 8.93. The Morgan fingerprint density at radius 3 is 2.78 bits per heavy atom. The van der Waals surface area contributed by atoms with Gasteiger partial charge in [0.05, 0.1) is 5.69 Å². The summed E-state index contributed by atoms with van der Waals surface area (Å²) in [5, 5.41) is 15.3. The summed E-state index contributed by atoms with van der Waals surface area (Å²) >= 11 is 0. The Hall–Kier alpha value is -2.10. The van der Waals surface area contributed by atoms with Gasteiger partial charge in [0.15, 0.2) is 5.58 Å². The van der Waals surface area contributed by atoms with Gasteiger partial charge in [-0.3, -0.25) is 9.36 Å². The summed E-state index contributed by atoms with van der Waals surface area (Å²) < 4.78 is 20.4. The third-order valence-corrected chi connectivity index (χ3v) is 6.77. The van der Waals surface area contributed by atoms with Crippen LogP contribution < -0.4 is 5.56 Å². The van der Waals surface area contributed by atoms with E-state index < -0.39 is 6.10 Å². The zero-order valence-corrected chi connectivity index (χ0v) is 19.8. The van der Waals surface area contributed by atoms with E-state index in [-0.39, 0.29) is 28.4 Å². The summed E-state index contributed by atoms with van der Waals surface area (Å²) in [7, 11) is 0. The molecule has 9 heteroatoms. The summed E-state index contributed by atoms with van der Waals surface area (Å²) in [5.74, 6) is 0.489. The molecule has 4 heterocycles. The molecule has 1 unspecified atom stereocenters. The minimum atomic E-state index is -0.641. The number of aliphatic hydroxyl groups excluding tert-OH is 1. The molecule has 172 valence electrons. The van der Waals surface area contributed by atoms with Gasteiger partial charge >= 0.3 is 0 Å². The molecule has 0 aliphatic carbocycles. The highest BCUT2D eigenvalue weighted by atomic mass is 79.9. The molecular formula is C23H28BrFN4O3. The van der Waals surface area contributed by atoms with Gasteiger partial charge in [0.1, 0.15) is 17.7 Å². The van der Waals surface area contributed by atoms with Gasteiger partial charge in [-0.05, 0) is 64.3 Å². The topological polar surface area (TPSA) is 84.4 Å². The summed E-state index contributed by atoms with van der Waals surface area (Å²) in [4.78, 5) is 19.9. The maximum Gasteiger partial charge on any atom is 0.257 e. The normalized spacial score (nSPS) is 19.7. The van der Waals surface area contributed by atoms with Gasteiger partial charge in [0.2, 0.25) is 0 Å². The fourth-order valence-electron chi connectivity index (χ4n) is 4.98. The van der Waals surface area contributed by atoms with Crippen molar-refractivity contribution in [3.63, 3.8) is 0 Å². The number of aliphatic hydroxyl groups is 1. The molecule has 0 saturated carbocycles. The number of fused-ring (bicyclic) bond motifs is 2. The lowest BCUT2D eigenvalue weighted by Crippen LogP contribution is -2.37. The molecule has 2 aromatic heterocycles. The van der Waals surface area contributed by atoms with Crippen LogP contribution in [0.5, 0.6) is 0 Å². The van der Waals surface area contributed by atoms with E-state index in [2.05, 4.69) is 15.0 Å². The van der Waals surface area contributed by atoms with Crippen molar-refractivity contribution in [3.8, 4) is 0 Å². The second-order valence-corrected chi connectivity index (χ2v) is 8.72. The first-order chi connectivity index (χ1) is 15.0. The largest absolute Gasteiger partial charge is 0.385 e. The molecule has 1 saturated heterocycles. The molecule has 1 fully saturated rings. The van der Waals surface area contributed by atoms with Crippen LogP contribution in [0.25, 0.3) is 11.0 Å². The van der Waals surface area contributed by atoms with Crippen LogP contribution in [0, 0.1) is 12.7 Å². The number of piperidine rings is 1. The minimum absolute atomic E-state index is 0. The van der Waals surface area contributed by atoms with Gasteiger partial charge in [-0.15, -0.1) is 17.0 Å². The second kappa shape index (κ2) is 9.41. The summed E-state index contributed by atoms with van der Waals surface area (Å²) in [5.41, 5.74) is 2.90. The van der Waals surface area contributed by atoms with Gasteiger partial charge in [-0.2, -0.15) is 0 Å². The number of aryl methyl sites for hydroxylation is 1. The average molecular weight is 507 g/mol. The fraction of sp³-hybridized carbons (Fsp3) is 0.522. The van der Waals surface area contributed by atoms with E-state index in [4.69, 9.17) is 4.52 Å². The number of benzene rings is 1. The summed E-state index contributed by atoms with van der Waals surface area (Å²) in [6.45, 7) is 5.13. The van der Waals surface area contributed by atoms with Crippen molar-refractivity contribution < 1.29 is 14.0 Å². The average Bonchev–Trinajstić information content (AvgIpc) is 3.18. The van der Waals surface area contributed by atoms with Crippen LogP contribution in [0.15, 0.2) is 27.5 Å². The van der Waals surface area contributed by atoms with Crippen molar-refractivity contribution in [2.75, 3.05) is 19.6 Å². The fourth-order valence-corrected chi connectivity index (χ4v) is 4.98. The summed E-state index contributed by atoms with van der Waals surface area (Å²) in [6.07, 6.45) is 3.38. The molecule has 1 aromatic carbocycles. The van der Waals surface area contributed by atoms with Crippen molar-refractivity contribution in [3.05, 3.63) is 57.1 Å². The summed E-state index contributed by atoms with van der Waals surface area (Å²) in [6, 6.07) is 4.58. The quantitative estimate of drug-likeness (QED) is 0.581. The Morgan fingerprint density at radius 2 is 2.00 bits per heavy atom. The zero-order chi connectivity index (χ0) is 21.5. The number of nitrogens with zero attached hydrogens (tertiary/aromatic N) is 4. The Bertz CT molecular complexity index is 1170. The van der Waals surface area contributed by atoms with Crippen molar-refractivity contribution >= 4 is 28.0 Å². The zero-order valence-electron chi connectivity index (χ0n) is 18.1. The molecule has 0 bridgehead atoms. The number of aromatic nitrogens is 3. The van der Waals surface area contributed by atoms with Crippen LogP contribution in [0.3, 0.4) is 0 Å². The lowest BCUT2D eigenvalue weighted by atomic mass is 9.91. The van der Waals surface area contributed by atoms with Crippen LogP contribution in [-0.2, 0) is 13.0 Å². The molecular weight excluding hydrogens is 479 g/mol. The minimum Gasteiger partial charge on any atom is -0.385 e. The van der Waals surface area contributed by atoms with Crippen LogP contribution in [0.1, 0.15) is 60.5 Å². The van der Waals surface area contributed by atoms with Gasteiger partial charge in [-0.1, -0.05) is 5.16 Å². The van der Waals surface area contributed by atoms with Gasteiger partial charge in [0, 0.05) is 41.7 Å².